The molecule has 0 radical (unpaired) electrons. The smallest absolute Gasteiger partial charge is 0.212 e. The zero-order valence-corrected chi connectivity index (χ0v) is 17.9. The molecule has 1 aliphatic rings. The zero-order chi connectivity index (χ0) is 23.3. The molecule has 9 heteroatoms. The summed E-state index contributed by atoms with van der Waals surface area (Å²) in [6.07, 6.45) is 4.07. The van der Waals surface area contributed by atoms with Gasteiger partial charge in [0.2, 0.25) is 6.41 Å². The van der Waals surface area contributed by atoms with E-state index in [-0.39, 0.29) is 5.41 Å². The van der Waals surface area contributed by atoms with Gasteiger partial charge in [0.05, 0.1) is 24.7 Å². The molecule has 1 aromatic carbocycles. The number of carbonyl (C=O) groups excluding carboxylic acids is 1. The minimum Gasteiger partial charge on any atom is -0.489 e. The summed E-state index contributed by atoms with van der Waals surface area (Å²) < 4.78 is 44.6. The van der Waals surface area contributed by atoms with Gasteiger partial charge < -0.3 is 10.1 Å². The number of carbonyl (C=O) groups is 1. The fourth-order valence-electron chi connectivity index (χ4n) is 3.42. The molecule has 1 saturated carbocycles. The Morgan fingerprint density at radius 1 is 1.12 bits per heavy atom. The molecule has 0 aliphatic heterocycles. The molecule has 1 fully saturated rings. The lowest BCUT2D eigenvalue weighted by atomic mass is 9.94. The van der Waals surface area contributed by atoms with Crippen molar-refractivity contribution in [1.29, 1.82) is 0 Å². The minimum atomic E-state index is -0.823. The third kappa shape index (κ3) is 5.40. The van der Waals surface area contributed by atoms with Crippen LogP contribution in [-0.2, 0) is 10.2 Å². The number of benzene rings is 1. The van der Waals surface area contributed by atoms with Crippen molar-refractivity contribution >= 4 is 12.2 Å². The monoisotopic (exact) mass is 444 g/mol. The number of pyridine rings is 1. The highest BCUT2D eigenvalue weighted by Gasteiger charge is 2.53. The van der Waals surface area contributed by atoms with Crippen molar-refractivity contribution in [3.8, 4) is 5.75 Å². The third-order valence-corrected chi connectivity index (χ3v) is 5.42. The second kappa shape index (κ2) is 9.76. The number of amides is 1. The maximum Gasteiger partial charge on any atom is 0.212 e. The van der Waals surface area contributed by atoms with E-state index in [9.17, 15) is 18.0 Å². The van der Waals surface area contributed by atoms with Gasteiger partial charge in [0, 0.05) is 5.41 Å². The van der Waals surface area contributed by atoms with Gasteiger partial charge in [-0.3, -0.25) is 4.79 Å². The van der Waals surface area contributed by atoms with Crippen molar-refractivity contribution in [3.63, 3.8) is 0 Å². The fourth-order valence-corrected chi connectivity index (χ4v) is 3.42. The van der Waals surface area contributed by atoms with Crippen molar-refractivity contribution < 1.29 is 22.7 Å². The van der Waals surface area contributed by atoms with Gasteiger partial charge in [-0.15, -0.1) is 0 Å². The molecule has 2 aromatic heterocycles. The van der Waals surface area contributed by atoms with E-state index in [0.717, 1.165) is 23.9 Å². The number of aryl methyl sites for hydroxylation is 2. The summed E-state index contributed by atoms with van der Waals surface area (Å²) in [5.74, 6) is -0.0229. The number of nitrogens with one attached hydrogen (secondary N) is 1. The number of rotatable bonds is 6. The standard InChI is InChI=1S/C17H18F2N2O.C6H5FN2O/c1-10-7-17(10,13-4-5-14(18)15(19)6-13)9-22-16-8-20-12(3)21-11(16)2;7-5-1-2-6(8-3-5)9-4-10/h4-6,8,10H,7,9H2,1-3H3;1-4H,(H,8,9,10)/t10?,17-;/m0./s1. The summed E-state index contributed by atoms with van der Waals surface area (Å²) in [6, 6.07) is 6.70. The van der Waals surface area contributed by atoms with Gasteiger partial charge in [-0.1, -0.05) is 13.0 Å². The van der Waals surface area contributed by atoms with E-state index in [4.69, 9.17) is 4.74 Å². The molecule has 1 aliphatic carbocycles. The lowest BCUT2D eigenvalue weighted by Crippen LogP contribution is -2.21. The van der Waals surface area contributed by atoms with Crippen molar-refractivity contribution in [1.82, 2.24) is 15.0 Å². The molecule has 6 nitrogen and oxygen atoms in total. The Morgan fingerprint density at radius 3 is 2.44 bits per heavy atom. The van der Waals surface area contributed by atoms with E-state index >= 15 is 0 Å². The molecule has 4 rings (SSSR count). The summed E-state index contributed by atoms with van der Waals surface area (Å²) in [5, 5.41) is 2.28. The minimum absolute atomic E-state index is 0.258. The van der Waals surface area contributed by atoms with Crippen LogP contribution < -0.4 is 10.1 Å². The molecule has 2 heterocycles. The Morgan fingerprint density at radius 2 is 1.88 bits per heavy atom. The molecule has 1 unspecified atom stereocenters. The van der Waals surface area contributed by atoms with E-state index in [1.165, 1.54) is 24.3 Å². The van der Waals surface area contributed by atoms with E-state index < -0.39 is 17.5 Å². The molecule has 0 saturated heterocycles. The highest BCUT2D eigenvalue weighted by molar-refractivity contribution is 5.68. The Hall–Kier alpha value is -3.49. The molecule has 0 spiro atoms. The Labute approximate surface area is 183 Å². The molecule has 1 amide bonds. The van der Waals surface area contributed by atoms with Gasteiger partial charge >= 0.3 is 0 Å². The molecule has 0 bridgehead atoms. The van der Waals surface area contributed by atoms with Crippen LogP contribution in [0.2, 0.25) is 0 Å². The number of aromatic nitrogens is 3. The first-order chi connectivity index (χ1) is 15.2. The second-order valence-electron chi connectivity index (χ2n) is 7.67. The summed E-state index contributed by atoms with van der Waals surface area (Å²) >= 11 is 0. The van der Waals surface area contributed by atoms with Gasteiger partial charge in [-0.2, -0.15) is 0 Å². The van der Waals surface area contributed by atoms with E-state index in [0.29, 0.717) is 36.3 Å². The number of hydrogen-bond acceptors (Lipinski definition) is 5. The third-order valence-electron chi connectivity index (χ3n) is 5.42. The summed E-state index contributed by atoms with van der Waals surface area (Å²) in [4.78, 5) is 21.8. The van der Waals surface area contributed by atoms with Gasteiger partial charge in [-0.25, -0.2) is 28.1 Å². The van der Waals surface area contributed by atoms with Crippen LogP contribution in [0.15, 0.2) is 42.7 Å². The predicted octanol–water partition coefficient (Wildman–Crippen LogP) is 4.52. The number of hydrogen-bond donors (Lipinski definition) is 1. The van der Waals surface area contributed by atoms with Crippen LogP contribution in [0.3, 0.4) is 0 Å². The summed E-state index contributed by atoms with van der Waals surface area (Å²) in [6.45, 7) is 6.18. The van der Waals surface area contributed by atoms with Crippen LogP contribution in [0.1, 0.15) is 30.4 Å². The molecule has 1 N–H and O–H groups in total. The SMILES string of the molecule is Cc1ncc(OC[C@@]2(c3ccc(F)c(F)c3)CC2C)c(C)n1.O=CNc1ccc(F)cn1. The first kappa shape index (κ1) is 23.2. The van der Waals surface area contributed by atoms with Gasteiger partial charge in [0.25, 0.3) is 0 Å². The van der Waals surface area contributed by atoms with Crippen LogP contribution in [0.25, 0.3) is 0 Å². The average molecular weight is 444 g/mol. The lowest BCUT2D eigenvalue weighted by molar-refractivity contribution is -0.105. The van der Waals surface area contributed by atoms with Crippen molar-refractivity contribution in [2.45, 2.75) is 32.6 Å². The van der Waals surface area contributed by atoms with Crippen molar-refractivity contribution in [3.05, 3.63) is 77.3 Å². The Balaban J connectivity index is 0.000000243. The van der Waals surface area contributed by atoms with Crippen molar-refractivity contribution in [2.24, 2.45) is 5.92 Å². The Kier molecular flexibility index (Phi) is 7.07. The number of nitrogens with zero attached hydrogens (tertiary/aromatic N) is 3. The first-order valence-electron chi connectivity index (χ1n) is 9.95. The maximum atomic E-state index is 13.5. The average Bonchev–Trinajstić information content (AvgIpc) is 3.42. The van der Waals surface area contributed by atoms with Crippen LogP contribution in [0, 0.1) is 37.2 Å². The van der Waals surface area contributed by atoms with Gasteiger partial charge in [-0.05, 0) is 56.0 Å². The molecular formula is C23H23F3N4O2. The van der Waals surface area contributed by atoms with Crippen LogP contribution >= 0.6 is 0 Å². The molecule has 168 valence electrons. The second-order valence-corrected chi connectivity index (χ2v) is 7.67. The van der Waals surface area contributed by atoms with Gasteiger partial charge in [0.15, 0.2) is 17.4 Å². The maximum absolute atomic E-state index is 13.5. The first-order valence-corrected chi connectivity index (χ1v) is 9.95. The summed E-state index contributed by atoms with van der Waals surface area (Å²) in [7, 11) is 0. The largest absolute Gasteiger partial charge is 0.489 e. The Bertz CT molecular complexity index is 1100. The fraction of sp³-hybridized carbons (Fsp3) is 0.304. The van der Waals surface area contributed by atoms with Crippen LogP contribution in [0.4, 0.5) is 19.0 Å². The van der Waals surface area contributed by atoms with E-state index in [1.54, 1.807) is 12.3 Å². The van der Waals surface area contributed by atoms with Crippen LogP contribution in [0.5, 0.6) is 5.75 Å². The highest BCUT2D eigenvalue weighted by Crippen LogP contribution is 2.54. The van der Waals surface area contributed by atoms with Crippen molar-refractivity contribution in [2.75, 3.05) is 11.9 Å². The normalized spacial score (nSPS) is 18.9. The molecule has 2 atom stereocenters. The van der Waals surface area contributed by atoms with Gasteiger partial charge in [0.1, 0.15) is 17.5 Å². The predicted molar refractivity (Wildman–Crippen MR) is 113 cm³/mol. The molecule has 3 aromatic rings. The molecular weight excluding hydrogens is 421 g/mol. The lowest BCUT2D eigenvalue weighted by Gasteiger charge is -2.19. The number of halogens is 3. The summed E-state index contributed by atoms with van der Waals surface area (Å²) in [5.41, 5.74) is 1.30. The van der Waals surface area contributed by atoms with Crippen LogP contribution in [-0.4, -0.2) is 28.0 Å². The number of ether oxygens (including phenoxy) is 1. The quantitative estimate of drug-likeness (QED) is 0.566. The molecule has 32 heavy (non-hydrogen) atoms. The topological polar surface area (TPSA) is 77.0 Å². The van der Waals surface area contributed by atoms with E-state index in [1.807, 2.05) is 13.8 Å². The zero-order valence-electron chi connectivity index (χ0n) is 17.9. The van der Waals surface area contributed by atoms with E-state index in [2.05, 4.69) is 27.2 Å². The highest BCUT2D eigenvalue weighted by atomic mass is 19.2. The number of anilines is 1.